The van der Waals surface area contributed by atoms with Crippen LogP contribution in [0.4, 0.5) is 0 Å². The van der Waals surface area contributed by atoms with Crippen LogP contribution in [0.1, 0.15) is 6.42 Å². The minimum Gasteiger partial charge on any atom is -0.415 e. The van der Waals surface area contributed by atoms with E-state index in [0.717, 1.165) is 26.4 Å². The number of nitrogens with zero attached hydrogens (tertiary/aromatic N) is 1. The van der Waals surface area contributed by atoms with E-state index in [1.165, 1.54) is 19.0 Å². The van der Waals surface area contributed by atoms with Crippen LogP contribution in [0.5, 0.6) is 0 Å². The van der Waals surface area contributed by atoms with Crippen molar-refractivity contribution in [1.82, 2.24) is 4.90 Å². The Balaban J connectivity index is 2.36. The molecule has 0 unspecified atom stereocenters. The van der Waals surface area contributed by atoms with E-state index in [1.54, 1.807) is 0 Å². The first-order chi connectivity index (χ1) is 6.60. The Labute approximate surface area is 88.5 Å². The molecule has 0 aromatic carbocycles. The van der Waals surface area contributed by atoms with E-state index in [-0.39, 0.29) is 0 Å². The fraction of sp³-hybridized carbons (Fsp3) is 1.00. The molecule has 0 radical (unpaired) electrons. The minimum absolute atomic E-state index is 0.754. The van der Waals surface area contributed by atoms with Gasteiger partial charge in [-0.15, -0.1) is 0 Å². The number of hydrogen-bond acceptors (Lipinski definition) is 3. The van der Waals surface area contributed by atoms with Gasteiger partial charge in [0, 0.05) is 6.54 Å². The molecule has 1 aliphatic heterocycles. The molecule has 0 aromatic heterocycles. The molecule has 4 heteroatoms. The molecule has 0 amide bonds. The summed E-state index contributed by atoms with van der Waals surface area (Å²) in [6.45, 7) is 9.18. The van der Waals surface area contributed by atoms with Gasteiger partial charge >= 0.3 is 0 Å². The van der Waals surface area contributed by atoms with Crippen molar-refractivity contribution in [2.75, 3.05) is 40.0 Å². The molecule has 0 atom stereocenters. The summed E-state index contributed by atoms with van der Waals surface area (Å²) in [5.74, 6) is 0. The quantitative estimate of drug-likeness (QED) is 0.575. The normalized spacial score (nSPS) is 26.8. The van der Waals surface area contributed by atoms with Gasteiger partial charge in [-0.3, -0.25) is 0 Å². The molecular weight excluding hydrogens is 194 g/mol. The number of ether oxygens (including phenoxy) is 1. The van der Waals surface area contributed by atoms with Crippen molar-refractivity contribution in [1.29, 1.82) is 0 Å². The molecule has 0 saturated carbocycles. The van der Waals surface area contributed by atoms with Gasteiger partial charge in [-0.1, -0.05) is 0 Å². The van der Waals surface area contributed by atoms with E-state index in [2.05, 4.69) is 25.0 Å². The molecule has 1 aliphatic rings. The lowest BCUT2D eigenvalue weighted by Crippen LogP contribution is -2.32. The lowest BCUT2D eigenvalue weighted by Gasteiger charge is -2.22. The Morgan fingerprint density at radius 2 is 1.86 bits per heavy atom. The fourth-order valence-corrected chi connectivity index (χ4v) is 3.45. The SMILES string of the molecule is CN1CCC[Si](C)(C)OCCOCC1. The van der Waals surface area contributed by atoms with Gasteiger partial charge in [0.15, 0.2) is 8.32 Å². The Hall–Kier alpha value is 0.0969. The summed E-state index contributed by atoms with van der Waals surface area (Å²) in [4.78, 5) is 2.34. The summed E-state index contributed by atoms with van der Waals surface area (Å²) in [5.41, 5.74) is 0. The Bertz CT molecular complexity index is 164. The van der Waals surface area contributed by atoms with Crippen LogP contribution < -0.4 is 0 Å². The average Bonchev–Trinajstić information content (AvgIpc) is 2.12. The monoisotopic (exact) mass is 217 g/mol. The topological polar surface area (TPSA) is 21.7 Å². The van der Waals surface area contributed by atoms with Crippen molar-refractivity contribution in [2.45, 2.75) is 25.6 Å². The van der Waals surface area contributed by atoms with Crippen LogP contribution in [-0.2, 0) is 9.16 Å². The van der Waals surface area contributed by atoms with Gasteiger partial charge in [0.1, 0.15) is 0 Å². The van der Waals surface area contributed by atoms with Gasteiger partial charge in [0.2, 0.25) is 0 Å². The second-order valence-electron chi connectivity index (χ2n) is 4.63. The summed E-state index contributed by atoms with van der Waals surface area (Å²) in [6.07, 6.45) is 1.26. The standard InChI is InChI=1S/C10H23NO2Si/c1-11-5-4-10-14(2,3)13-9-8-12-7-6-11/h4-10H2,1-3H3. The molecule has 1 fully saturated rings. The minimum atomic E-state index is -1.39. The smallest absolute Gasteiger partial charge is 0.186 e. The maximum absolute atomic E-state index is 5.89. The largest absolute Gasteiger partial charge is 0.415 e. The predicted octanol–water partition coefficient (Wildman–Crippen LogP) is 1.56. The number of hydrogen-bond donors (Lipinski definition) is 0. The zero-order chi connectivity index (χ0) is 10.4. The van der Waals surface area contributed by atoms with E-state index in [1.807, 2.05) is 0 Å². The van der Waals surface area contributed by atoms with Gasteiger partial charge in [-0.2, -0.15) is 0 Å². The maximum Gasteiger partial charge on any atom is 0.186 e. The third-order valence-electron chi connectivity index (χ3n) is 2.66. The third kappa shape index (κ3) is 5.10. The van der Waals surface area contributed by atoms with Crippen molar-refractivity contribution in [2.24, 2.45) is 0 Å². The van der Waals surface area contributed by atoms with Crippen molar-refractivity contribution >= 4 is 8.32 Å². The summed E-state index contributed by atoms with van der Waals surface area (Å²) in [6, 6.07) is 1.26. The first kappa shape index (κ1) is 12.2. The summed E-state index contributed by atoms with van der Waals surface area (Å²) in [7, 11) is 0.777. The highest BCUT2D eigenvalue weighted by Gasteiger charge is 2.22. The molecule has 1 heterocycles. The predicted molar refractivity (Wildman–Crippen MR) is 61.2 cm³/mol. The molecule has 3 nitrogen and oxygen atoms in total. The zero-order valence-electron chi connectivity index (χ0n) is 9.71. The average molecular weight is 217 g/mol. The van der Waals surface area contributed by atoms with Gasteiger partial charge < -0.3 is 14.1 Å². The van der Waals surface area contributed by atoms with Crippen LogP contribution >= 0.6 is 0 Å². The Morgan fingerprint density at radius 1 is 1.07 bits per heavy atom. The van der Waals surface area contributed by atoms with Crippen LogP contribution in [-0.4, -0.2) is 53.2 Å². The summed E-state index contributed by atoms with van der Waals surface area (Å²) < 4.78 is 11.4. The van der Waals surface area contributed by atoms with E-state index in [9.17, 15) is 0 Å². The molecular formula is C10H23NO2Si. The van der Waals surface area contributed by atoms with Gasteiger partial charge in [-0.05, 0) is 39.2 Å². The van der Waals surface area contributed by atoms with Crippen LogP contribution in [0, 0.1) is 0 Å². The fourth-order valence-electron chi connectivity index (χ4n) is 1.66. The van der Waals surface area contributed by atoms with Gasteiger partial charge in [0.25, 0.3) is 0 Å². The summed E-state index contributed by atoms with van der Waals surface area (Å²) in [5, 5.41) is 0. The number of rotatable bonds is 0. The van der Waals surface area contributed by atoms with Gasteiger partial charge in [0.05, 0.1) is 19.8 Å². The molecule has 0 N–H and O–H groups in total. The van der Waals surface area contributed by atoms with E-state index >= 15 is 0 Å². The molecule has 0 aliphatic carbocycles. The van der Waals surface area contributed by atoms with Gasteiger partial charge in [-0.25, -0.2) is 0 Å². The molecule has 0 bridgehead atoms. The van der Waals surface area contributed by atoms with Crippen LogP contribution in [0.15, 0.2) is 0 Å². The zero-order valence-corrected chi connectivity index (χ0v) is 10.7. The second kappa shape index (κ2) is 5.85. The van der Waals surface area contributed by atoms with E-state index in [4.69, 9.17) is 9.16 Å². The van der Waals surface area contributed by atoms with Crippen molar-refractivity contribution in [3.63, 3.8) is 0 Å². The maximum atomic E-state index is 5.89. The Morgan fingerprint density at radius 3 is 2.64 bits per heavy atom. The third-order valence-corrected chi connectivity index (χ3v) is 5.20. The highest BCUT2D eigenvalue weighted by molar-refractivity contribution is 6.71. The summed E-state index contributed by atoms with van der Waals surface area (Å²) >= 11 is 0. The van der Waals surface area contributed by atoms with Crippen molar-refractivity contribution in [3.05, 3.63) is 0 Å². The highest BCUT2D eigenvalue weighted by Crippen LogP contribution is 2.14. The molecule has 0 spiro atoms. The van der Waals surface area contributed by atoms with Crippen molar-refractivity contribution in [3.8, 4) is 0 Å². The van der Waals surface area contributed by atoms with E-state index in [0.29, 0.717) is 0 Å². The molecule has 1 saturated heterocycles. The molecule has 1 rings (SSSR count). The molecule has 0 aromatic rings. The van der Waals surface area contributed by atoms with Crippen molar-refractivity contribution < 1.29 is 9.16 Å². The van der Waals surface area contributed by atoms with E-state index < -0.39 is 8.32 Å². The lowest BCUT2D eigenvalue weighted by atomic mass is 10.4. The first-order valence-electron chi connectivity index (χ1n) is 5.50. The highest BCUT2D eigenvalue weighted by atomic mass is 28.4. The Kier molecular flexibility index (Phi) is 5.09. The first-order valence-corrected chi connectivity index (χ1v) is 8.62. The molecule has 14 heavy (non-hydrogen) atoms. The number of likely N-dealkylation sites (N-methyl/N-ethyl adjacent to an activating group) is 1. The molecule has 84 valence electrons. The van der Waals surface area contributed by atoms with Crippen LogP contribution in [0.25, 0.3) is 0 Å². The lowest BCUT2D eigenvalue weighted by molar-refractivity contribution is 0.0855. The second-order valence-corrected chi connectivity index (χ2v) is 8.94. The van der Waals surface area contributed by atoms with Crippen LogP contribution in [0.3, 0.4) is 0 Å². The van der Waals surface area contributed by atoms with Crippen LogP contribution in [0.2, 0.25) is 19.1 Å².